The Morgan fingerprint density at radius 2 is 1.85 bits per heavy atom. The molecule has 4 nitrogen and oxygen atoms in total. The molecule has 2 N–H and O–H groups in total. The fourth-order valence-corrected chi connectivity index (χ4v) is 1.53. The lowest BCUT2D eigenvalue weighted by Crippen LogP contribution is -2.42. The fraction of sp³-hybridized carbons (Fsp3) is 0.333. The number of halogens is 3. The minimum atomic E-state index is -4.76. The Morgan fingerprint density at radius 1 is 1.35 bits per heavy atom. The lowest BCUT2D eigenvalue weighted by atomic mass is 10.1. The van der Waals surface area contributed by atoms with Crippen LogP contribution < -0.4 is 10.5 Å². The molecule has 1 unspecified atom stereocenters. The third-order valence-corrected chi connectivity index (χ3v) is 2.99. The Labute approximate surface area is 119 Å². The molecule has 0 saturated heterocycles. The summed E-state index contributed by atoms with van der Waals surface area (Å²) in [5.41, 5.74) is 5.65. The summed E-state index contributed by atoms with van der Waals surface area (Å²) in [4.78, 5) is 13.5. The number of benzene rings is 1. The molecule has 8 heteroatoms. The first-order valence-corrected chi connectivity index (χ1v) is 5.95. The number of hydrogen-bond donors (Lipinski definition) is 1. The molecule has 1 aromatic carbocycles. The highest BCUT2D eigenvalue weighted by atomic mass is 32.1. The van der Waals surface area contributed by atoms with Gasteiger partial charge in [-0.15, -0.1) is 13.2 Å². The largest absolute Gasteiger partial charge is 0.573 e. The van der Waals surface area contributed by atoms with E-state index < -0.39 is 18.3 Å². The maximum atomic E-state index is 12.0. The van der Waals surface area contributed by atoms with E-state index in [9.17, 15) is 18.0 Å². The van der Waals surface area contributed by atoms with Crippen molar-refractivity contribution < 1.29 is 22.7 Å². The third-order valence-electron chi connectivity index (χ3n) is 2.65. The highest BCUT2D eigenvalue weighted by molar-refractivity contribution is 7.80. The predicted molar refractivity (Wildman–Crippen MR) is 71.5 cm³/mol. The number of ether oxygens (including phenoxy) is 1. The first kappa shape index (κ1) is 16.2. The molecule has 1 rings (SSSR count). The zero-order valence-electron chi connectivity index (χ0n) is 10.8. The van der Waals surface area contributed by atoms with Gasteiger partial charge in [0.15, 0.2) is 0 Å². The minimum Gasteiger partial charge on any atom is -0.406 e. The minimum absolute atomic E-state index is 0.151. The summed E-state index contributed by atoms with van der Waals surface area (Å²) in [6, 6.07) is 4.17. The molecule has 0 saturated carbocycles. The highest BCUT2D eigenvalue weighted by Crippen LogP contribution is 2.23. The van der Waals surface area contributed by atoms with Gasteiger partial charge in [-0.1, -0.05) is 12.2 Å². The molecule has 1 atom stereocenters. The van der Waals surface area contributed by atoms with E-state index in [-0.39, 0.29) is 16.3 Å². The molecule has 0 bridgehead atoms. The summed E-state index contributed by atoms with van der Waals surface area (Å²) < 4.78 is 39.7. The van der Waals surface area contributed by atoms with E-state index in [2.05, 4.69) is 4.74 Å². The average molecular weight is 306 g/mol. The molecule has 0 spiro atoms. The average Bonchev–Trinajstić information content (AvgIpc) is 2.35. The van der Waals surface area contributed by atoms with Gasteiger partial charge in [-0.3, -0.25) is 4.79 Å². The van der Waals surface area contributed by atoms with Crippen molar-refractivity contribution >= 4 is 23.1 Å². The van der Waals surface area contributed by atoms with Gasteiger partial charge in [-0.2, -0.15) is 0 Å². The molecule has 1 aromatic rings. The summed E-state index contributed by atoms with van der Waals surface area (Å²) in [5.74, 6) is -0.789. The Bertz CT molecular complexity index is 502. The molecule has 0 aliphatic carbocycles. The van der Waals surface area contributed by atoms with Crippen molar-refractivity contribution in [1.82, 2.24) is 4.90 Å². The zero-order valence-corrected chi connectivity index (χ0v) is 11.6. The van der Waals surface area contributed by atoms with Gasteiger partial charge in [-0.25, -0.2) is 0 Å². The second-order valence-electron chi connectivity index (χ2n) is 4.07. The number of carbonyl (C=O) groups is 1. The molecule has 0 radical (unpaired) electrons. The Balaban J connectivity index is 2.83. The van der Waals surface area contributed by atoms with Gasteiger partial charge in [-0.05, 0) is 31.2 Å². The van der Waals surface area contributed by atoms with E-state index in [1.54, 1.807) is 6.92 Å². The Kier molecular flexibility index (Phi) is 4.93. The van der Waals surface area contributed by atoms with Crippen LogP contribution in [0.4, 0.5) is 13.2 Å². The number of alkyl halides is 3. The van der Waals surface area contributed by atoms with E-state index in [4.69, 9.17) is 18.0 Å². The molecule has 0 fully saturated rings. The summed E-state index contributed by atoms with van der Waals surface area (Å²) in [5, 5.41) is 0. The molecule has 20 heavy (non-hydrogen) atoms. The van der Waals surface area contributed by atoms with Crippen LogP contribution in [0.25, 0.3) is 0 Å². The number of thiocarbonyl (C=S) groups is 1. The fourth-order valence-electron chi connectivity index (χ4n) is 1.37. The number of rotatable bonds is 4. The van der Waals surface area contributed by atoms with Gasteiger partial charge in [0.2, 0.25) is 0 Å². The quantitative estimate of drug-likeness (QED) is 0.868. The maximum Gasteiger partial charge on any atom is 0.573 e. The van der Waals surface area contributed by atoms with Crippen LogP contribution in [0.1, 0.15) is 17.3 Å². The summed E-state index contributed by atoms with van der Waals surface area (Å²) in [7, 11) is 1.51. The van der Waals surface area contributed by atoms with Crippen LogP contribution in [0.5, 0.6) is 5.75 Å². The molecule has 0 aromatic heterocycles. The van der Waals surface area contributed by atoms with Crippen molar-refractivity contribution in [2.45, 2.75) is 19.3 Å². The van der Waals surface area contributed by atoms with Crippen LogP contribution >= 0.6 is 12.2 Å². The summed E-state index contributed by atoms with van der Waals surface area (Å²) in [6.07, 6.45) is -4.76. The molecule has 0 aliphatic rings. The number of hydrogen-bond acceptors (Lipinski definition) is 3. The van der Waals surface area contributed by atoms with Crippen molar-refractivity contribution in [3.8, 4) is 5.75 Å². The van der Waals surface area contributed by atoms with Crippen molar-refractivity contribution in [1.29, 1.82) is 0 Å². The molecule has 1 amide bonds. The first-order valence-electron chi connectivity index (χ1n) is 5.54. The van der Waals surface area contributed by atoms with Crippen LogP contribution in [-0.4, -0.2) is 35.2 Å². The normalized spacial score (nSPS) is 12.7. The van der Waals surface area contributed by atoms with Crippen LogP contribution in [0.2, 0.25) is 0 Å². The Hall–Kier alpha value is -1.83. The van der Waals surface area contributed by atoms with E-state index in [1.165, 1.54) is 24.1 Å². The van der Waals surface area contributed by atoms with E-state index in [0.717, 1.165) is 12.1 Å². The van der Waals surface area contributed by atoms with Crippen molar-refractivity contribution in [2.24, 2.45) is 5.73 Å². The van der Waals surface area contributed by atoms with E-state index in [1.807, 2.05) is 0 Å². The second-order valence-corrected chi connectivity index (χ2v) is 4.54. The second kappa shape index (κ2) is 6.08. The molecular formula is C12H13F3N2O2S. The van der Waals surface area contributed by atoms with Gasteiger partial charge >= 0.3 is 6.36 Å². The standard InChI is InChI=1S/C12H13F3N2O2S/c1-7(10(16)20)17(2)11(18)8-3-5-9(6-4-8)19-12(13,14)15/h3-7H,1-2H3,(H2,16,20). The van der Waals surface area contributed by atoms with Gasteiger partial charge in [0, 0.05) is 12.6 Å². The molecule has 0 heterocycles. The van der Waals surface area contributed by atoms with Crippen LogP contribution in [-0.2, 0) is 0 Å². The third kappa shape index (κ3) is 4.37. The van der Waals surface area contributed by atoms with Crippen LogP contribution in [0, 0.1) is 0 Å². The van der Waals surface area contributed by atoms with E-state index >= 15 is 0 Å². The number of nitrogens with zero attached hydrogens (tertiary/aromatic N) is 1. The summed E-state index contributed by atoms with van der Waals surface area (Å²) >= 11 is 4.78. The maximum absolute atomic E-state index is 12.0. The van der Waals surface area contributed by atoms with Gasteiger partial charge in [0.1, 0.15) is 5.75 Å². The highest BCUT2D eigenvalue weighted by Gasteiger charge is 2.31. The predicted octanol–water partition coefficient (Wildman–Crippen LogP) is 2.33. The van der Waals surface area contributed by atoms with Gasteiger partial charge < -0.3 is 15.4 Å². The molecule has 0 aliphatic heterocycles. The van der Waals surface area contributed by atoms with Crippen molar-refractivity contribution in [3.05, 3.63) is 29.8 Å². The van der Waals surface area contributed by atoms with Crippen LogP contribution in [0.15, 0.2) is 24.3 Å². The van der Waals surface area contributed by atoms with E-state index in [0.29, 0.717) is 0 Å². The topological polar surface area (TPSA) is 55.6 Å². The lowest BCUT2D eigenvalue weighted by molar-refractivity contribution is -0.274. The number of nitrogens with two attached hydrogens (primary N) is 1. The monoisotopic (exact) mass is 306 g/mol. The van der Waals surface area contributed by atoms with Crippen molar-refractivity contribution in [3.63, 3.8) is 0 Å². The van der Waals surface area contributed by atoms with Crippen molar-refractivity contribution in [2.75, 3.05) is 7.05 Å². The lowest BCUT2D eigenvalue weighted by Gasteiger charge is -2.24. The number of likely N-dealkylation sites (N-methyl/N-ethyl adjacent to an activating group) is 1. The number of amides is 1. The smallest absolute Gasteiger partial charge is 0.406 e. The van der Waals surface area contributed by atoms with Gasteiger partial charge in [0.05, 0.1) is 11.0 Å². The zero-order chi connectivity index (χ0) is 15.5. The number of carbonyl (C=O) groups excluding carboxylic acids is 1. The van der Waals surface area contributed by atoms with Crippen LogP contribution in [0.3, 0.4) is 0 Å². The molecular weight excluding hydrogens is 293 g/mol. The first-order chi connectivity index (χ1) is 9.11. The molecule has 110 valence electrons. The SMILES string of the molecule is CC(C(N)=S)N(C)C(=O)c1ccc(OC(F)(F)F)cc1. The van der Waals surface area contributed by atoms with Gasteiger partial charge in [0.25, 0.3) is 5.91 Å². The summed E-state index contributed by atoms with van der Waals surface area (Å²) in [6.45, 7) is 1.65. The Morgan fingerprint density at radius 3 is 2.25 bits per heavy atom.